The van der Waals surface area contributed by atoms with E-state index in [-0.39, 0.29) is 31.1 Å². The van der Waals surface area contributed by atoms with Crippen LogP contribution in [-0.4, -0.2) is 37.2 Å². The number of esters is 3. The molecule has 0 aliphatic heterocycles. The summed E-state index contributed by atoms with van der Waals surface area (Å²) < 4.78 is 16.9. The maximum absolute atomic E-state index is 12.9. The molecule has 404 valence electrons. The van der Waals surface area contributed by atoms with Gasteiger partial charge in [0.2, 0.25) is 0 Å². The Balaban J connectivity index is 4.29. The van der Waals surface area contributed by atoms with Crippen LogP contribution in [-0.2, 0) is 28.6 Å². The molecule has 6 nitrogen and oxygen atoms in total. The second kappa shape index (κ2) is 56.3. The molecular weight excluding hydrogens is 841 g/mol. The van der Waals surface area contributed by atoms with Gasteiger partial charge in [-0.2, -0.15) is 0 Å². The van der Waals surface area contributed by atoms with Crippen molar-refractivity contribution in [1.29, 1.82) is 0 Å². The van der Waals surface area contributed by atoms with Crippen LogP contribution in [0.15, 0.2) is 0 Å². The molecule has 0 aliphatic rings. The summed E-state index contributed by atoms with van der Waals surface area (Å²) in [7, 11) is 0. The van der Waals surface area contributed by atoms with E-state index in [9.17, 15) is 14.4 Å². The van der Waals surface area contributed by atoms with Gasteiger partial charge in [-0.1, -0.05) is 317 Å². The maximum Gasteiger partial charge on any atom is 0.306 e. The SMILES string of the molecule is CCCCCCCCCCCCCCCCCCCC(=O)OC[C@@H](COC(=O)CCCCCCCCCCCCCCCCC)OC(=O)CCCCCCCCCCCCCCCCCC(C)C. The second-order valence-electron chi connectivity index (χ2n) is 21.8. The Kier molecular flexibility index (Phi) is 55.0. The van der Waals surface area contributed by atoms with Crippen molar-refractivity contribution in [2.45, 2.75) is 361 Å². The monoisotopic (exact) mass is 961 g/mol. The van der Waals surface area contributed by atoms with E-state index in [1.165, 1.54) is 250 Å². The van der Waals surface area contributed by atoms with Crippen molar-refractivity contribution in [3.05, 3.63) is 0 Å². The molecular formula is C62H120O6. The minimum atomic E-state index is -0.762. The summed E-state index contributed by atoms with van der Waals surface area (Å²) >= 11 is 0. The second-order valence-corrected chi connectivity index (χ2v) is 21.8. The van der Waals surface area contributed by atoms with Crippen molar-refractivity contribution in [2.24, 2.45) is 5.92 Å². The third kappa shape index (κ3) is 55.3. The summed E-state index contributed by atoms with van der Waals surface area (Å²) in [4.78, 5) is 38.2. The predicted octanol–water partition coefficient (Wildman–Crippen LogP) is 20.6. The molecule has 0 aliphatic carbocycles. The van der Waals surface area contributed by atoms with E-state index in [0.29, 0.717) is 19.3 Å². The van der Waals surface area contributed by atoms with Gasteiger partial charge >= 0.3 is 17.9 Å². The van der Waals surface area contributed by atoms with Crippen LogP contribution < -0.4 is 0 Å². The van der Waals surface area contributed by atoms with E-state index in [2.05, 4.69) is 27.7 Å². The molecule has 0 amide bonds. The van der Waals surface area contributed by atoms with Crippen LogP contribution in [0.25, 0.3) is 0 Å². The Morgan fingerprint density at radius 1 is 0.279 bits per heavy atom. The van der Waals surface area contributed by atoms with Gasteiger partial charge in [-0.25, -0.2) is 0 Å². The fraction of sp³-hybridized carbons (Fsp3) is 0.952. The van der Waals surface area contributed by atoms with E-state index in [0.717, 1.165) is 63.7 Å². The average molecular weight is 962 g/mol. The van der Waals surface area contributed by atoms with Gasteiger partial charge in [0.25, 0.3) is 0 Å². The largest absolute Gasteiger partial charge is 0.462 e. The van der Waals surface area contributed by atoms with E-state index >= 15 is 0 Å². The molecule has 0 heterocycles. The lowest BCUT2D eigenvalue weighted by Crippen LogP contribution is -2.30. The smallest absolute Gasteiger partial charge is 0.306 e. The number of carbonyl (C=O) groups is 3. The first-order valence-electron chi connectivity index (χ1n) is 30.9. The molecule has 0 spiro atoms. The molecule has 0 aromatic heterocycles. The van der Waals surface area contributed by atoms with Gasteiger partial charge in [-0.15, -0.1) is 0 Å². The third-order valence-electron chi connectivity index (χ3n) is 14.3. The van der Waals surface area contributed by atoms with Crippen LogP contribution in [0.5, 0.6) is 0 Å². The topological polar surface area (TPSA) is 78.9 Å². The van der Waals surface area contributed by atoms with Crippen molar-refractivity contribution in [2.75, 3.05) is 13.2 Å². The fourth-order valence-electron chi connectivity index (χ4n) is 9.63. The predicted molar refractivity (Wildman–Crippen MR) is 293 cm³/mol. The molecule has 0 fully saturated rings. The van der Waals surface area contributed by atoms with Crippen molar-refractivity contribution in [3.8, 4) is 0 Å². The zero-order valence-corrected chi connectivity index (χ0v) is 46.6. The molecule has 0 aromatic rings. The Labute approximate surface area is 425 Å². The van der Waals surface area contributed by atoms with Crippen molar-refractivity contribution >= 4 is 17.9 Å². The van der Waals surface area contributed by atoms with Crippen LogP contribution in [0.2, 0.25) is 0 Å². The van der Waals surface area contributed by atoms with Crippen molar-refractivity contribution < 1.29 is 28.6 Å². The Hall–Kier alpha value is -1.59. The maximum atomic E-state index is 12.9. The minimum absolute atomic E-state index is 0.0613. The van der Waals surface area contributed by atoms with E-state index in [1.807, 2.05) is 0 Å². The highest BCUT2D eigenvalue weighted by Gasteiger charge is 2.19. The summed E-state index contributed by atoms with van der Waals surface area (Å²) in [5, 5.41) is 0. The van der Waals surface area contributed by atoms with E-state index < -0.39 is 6.10 Å². The van der Waals surface area contributed by atoms with Crippen LogP contribution in [0.4, 0.5) is 0 Å². The molecule has 0 rings (SSSR count). The molecule has 0 N–H and O–H groups in total. The van der Waals surface area contributed by atoms with Gasteiger partial charge in [0.1, 0.15) is 13.2 Å². The van der Waals surface area contributed by atoms with Gasteiger partial charge in [0.15, 0.2) is 6.10 Å². The molecule has 68 heavy (non-hydrogen) atoms. The molecule has 0 saturated heterocycles. The Bertz CT molecular complexity index is 1030. The lowest BCUT2D eigenvalue weighted by molar-refractivity contribution is -0.167. The number of ether oxygens (including phenoxy) is 3. The normalized spacial score (nSPS) is 12.0. The minimum Gasteiger partial charge on any atom is -0.462 e. The lowest BCUT2D eigenvalue weighted by atomic mass is 10.0. The summed E-state index contributed by atoms with van der Waals surface area (Å²) in [6.45, 7) is 9.09. The fourth-order valence-corrected chi connectivity index (χ4v) is 9.63. The molecule has 0 saturated carbocycles. The first-order chi connectivity index (χ1) is 33.4. The first-order valence-corrected chi connectivity index (χ1v) is 30.9. The van der Waals surface area contributed by atoms with Gasteiger partial charge in [-0.05, 0) is 25.2 Å². The van der Waals surface area contributed by atoms with Crippen LogP contribution in [0, 0.1) is 5.92 Å². The van der Waals surface area contributed by atoms with Crippen molar-refractivity contribution in [3.63, 3.8) is 0 Å². The van der Waals surface area contributed by atoms with Gasteiger partial charge in [0.05, 0.1) is 0 Å². The van der Waals surface area contributed by atoms with Crippen LogP contribution in [0.1, 0.15) is 355 Å². The quantitative estimate of drug-likeness (QED) is 0.0343. The van der Waals surface area contributed by atoms with Crippen LogP contribution >= 0.6 is 0 Å². The summed E-state index contributed by atoms with van der Waals surface area (Å²) in [6.07, 6.45) is 62.4. The zero-order chi connectivity index (χ0) is 49.5. The first kappa shape index (κ1) is 66.4. The lowest BCUT2D eigenvalue weighted by Gasteiger charge is -2.18. The highest BCUT2D eigenvalue weighted by Crippen LogP contribution is 2.18. The molecule has 0 bridgehead atoms. The molecule has 0 radical (unpaired) electrons. The Morgan fingerprint density at radius 3 is 0.721 bits per heavy atom. The summed E-state index contributed by atoms with van der Waals surface area (Å²) in [5.74, 6) is 0.0185. The number of carbonyl (C=O) groups excluding carboxylic acids is 3. The zero-order valence-electron chi connectivity index (χ0n) is 46.6. The van der Waals surface area contributed by atoms with Gasteiger partial charge in [0, 0.05) is 19.3 Å². The highest BCUT2D eigenvalue weighted by molar-refractivity contribution is 5.71. The highest BCUT2D eigenvalue weighted by atomic mass is 16.6. The molecule has 0 unspecified atom stereocenters. The van der Waals surface area contributed by atoms with Gasteiger partial charge in [-0.3, -0.25) is 14.4 Å². The van der Waals surface area contributed by atoms with E-state index in [4.69, 9.17) is 14.2 Å². The standard InChI is InChI=1S/C62H120O6/c1-5-7-9-11-13-15-17-19-21-22-26-30-34-38-42-46-50-54-61(64)67-57-59(56-66-60(63)53-49-45-41-37-33-29-24-20-18-16-14-12-10-8-6-2)68-62(65)55-51-47-43-39-35-31-27-23-25-28-32-36-40-44-48-52-58(3)4/h58-59H,5-57H2,1-4H3/t59-/m1/s1. The molecule has 6 heteroatoms. The third-order valence-corrected chi connectivity index (χ3v) is 14.3. The number of rotatable bonds is 57. The van der Waals surface area contributed by atoms with Crippen molar-refractivity contribution in [1.82, 2.24) is 0 Å². The number of hydrogen-bond donors (Lipinski definition) is 0. The molecule has 0 aromatic carbocycles. The molecule has 1 atom stereocenters. The average Bonchev–Trinajstić information content (AvgIpc) is 3.32. The number of hydrogen-bond acceptors (Lipinski definition) is 6. The Morgan fingerprint density at radius 2 is 0.485 bits per heavy atom. The number of unbranched alkanes of at least 4 members (excludes halogenated alkanes) is 44. The van der Waals surface area contributed by atoms with E-state index in [1.54, 1.807) is 0 Å². The summed E-state index contributed by atoms with van der Waals surface area (Å²) in [6, 6.07) is 0. The summed E-state index contributed by atoms with van der Waals surface area (Å²) in [5.41, 5.74) is 0. The van der Waals surface area contributed by atoms with Gasteiger partial charge < -0.3 is 14.2 Å². The van der Waals surface area contributed by atoms with Crippen LogP contribution in [0.3, 0.4) is 0 Å².